The Bertz CT molecular complexity index is 700. The van der Waals surface area contributed by atoms with Crippen LogP contribution in [0.25, 0.3) is 0 Å². The van der Waals surface area contributed by atoms with Crippen molar-refractivity contribution in [2.75, 3.05) is 18.4 Å². The summed E-state index contributed by atoms with van der Waals surface area (Å²) in [6, 6.07) is 16.9. The fourth-order valence-electron chi connectivity index (χ4n) is 3.49. The predicted octanol–water partition coefficient (Wildman–Crippen LogP) is 4.41. The molecule has 0 atom stereocenters. The van der Waals surface area contributed by atoms with Gasteiger partial charge in [-0.1, -0.05) is 48.9 Å². The maximum Gasteiger partial charge on any atom is 0.227 e. The SMILES string of the molecule is CCc1ccc(NC(=O)C2CCN(Cc3cccc(C)c3)CC2)cc1. The van der Waals surface area contributed by atoms with Crippen molar-refractivity contribution in [2.24, 2.45) is 5.92 Å². The molecular weight excluding hydrogens is 308 g/mol. The number of hydrogen-bond acceptors (Lipinski definition) is 2. The third-order valence-electron chi connectivity index (χ3n) is 5.08. The molecule has 0 aliphatic carbocycles. The van der Waals surface area contributed by atoms with Gasteiger partial charge < -0.3 is 5.32 Å². The van der Waals surface area contributed by atoms with E-state index >= 15 is 0 Å². The van der Waals surface area contributed by atoms with Gasteiger partial charge in [-0.15, -0.1) is 0 Å². The lowest BCUT2D eigenvalue weighted by Gasteiger charge is -2.31. The monoisotopic (exact) mass is 336 g/mol. The van der Waals surface area contributed by atoms with Crippen LogP contribution in [0.3, 0.4) is 0 Å². The van der Waals surface area contributed by atoms with E-state index in [0.717, 1.165) is 44.6 Å². The average Bonchev–Trinajstić information content (AvgIpc) is 2.63. The summed E-state index contributed by atoms with van der Waals surface area (Å²) in [5.74, 6) is 0.291. The topological polar surface area (TPSA) is 32.3 Å². The molecule has 25 heavy (non-hydrogen) atoms. The summed E-state index contributed by atoms with van der Waals surface area (Å²) >= 11 is 0. The molecule has 2 aromatic rings. The van der Waals surface area contributed by atoms with Crippen molar-refractivity contribution < 1.29 is 4.79 Å². The molecule has 0 radical (unpaired) electrons. The van der Waals surface area contributed by atoms with Gasteiger partial charge in [0.1, 0.15) is 0 Å². The van der Waals surface area contributed by atoms with Gasteiger partial charge in [0.15, 0.2) is 0 Å². The van der Waals surface area contributed by atoms with Crippen LogP contribution in [0.1, 0.15) is 36.5 Å². The first-order chi connectivity index (χ1) is 12.1. The predicted molar refractivity (Wildman–Crippen MR) is 104 cm³/mol. The molecule has 0 unspecified atom stereocenters. The fourth-order valence-corrected chi connectivity index (χ4v) is 3.49. The molecule has 2 aromatic carbocycles. The van der Waals surface area contributed by atoms with Crippen molar-refractivity contribution in [3.05, 3.63) is 65.2 Å². The fraction of sp³-hybridized carbons (Fsp3) is 0.409. The highest BCUT2D eigenvalue weighted by atomic mass is 16.1. The Morgan fingerprint density at radius 1 is 1.08 bits per heavy atom. The van der Waals surface area contributed by atoms with E-state index in [1.54, 1.807) is 0 Å². The highest BCUT2D eigenvalue weighted by molar-refractivity contribution is 5.92. The number of nitrogens with one attached hydrogen (secondary N) is 1. The molecule has 1 fully saturated rings. The molecule has 0 aromatic heterocycles. The van der Waals surface area contributed by atoms with E-state index in [1.165, 1.54) is 16.7 Å². The Balaban J connectivity index is 1.48. The Kier molecular flexibility index (Phi) is 5.87. The second kappa shape index (κ2) is 8.30. The van der Waals surface area contributed by atoms with Crippen molar-refractivity contribution in [3.8, 4) is 0 Å². The average molecular weight is 336 g/mol. The maximum absolute atomic E-state index is 12.5. The van der Waals surface area contributed by atoms with Crippen LogP contribution in [-0.2, 0) is 17.8 Å². The molecule has 1 saturated heterocycles. The lowest BCUT2D eigenvalue weighted by molar-refractivity contribution is -0.121. The molecular formula is C22H28N2O. The number of piperidine rings is 1. The van der Waals surface area contributed by atoms with E-state index in [2.05, 4.69) is 60.5 Å². The summed E-state index contributed by atoms with van der Waals surface area (Å²) in [7, 11) is 0. The molecule has 3 heteroatoms. The number of likely N-dealkylation sites (tertiary alicyclic amines) is 1. The first-order valence-electron chi connectivity index (χ1n) is 9.31. The van der Waals surface area contributed by atoms with Crippen molar-refractivity contribution in [3.63, 3.8) is 0 Å². The van der Waals surface area contributed by atoms with Gasteiger partial charge in [0, 0.05) is 18.2 Å². The largest absolute Gasteiger partial charge is 0.326 e. The summed E-state index contributed by atoms with van der Waals surface area (Å²) in [5, 5.41) is 3.08. The van der Waals surface area contributed by atoms with Crippen LogP contribution < -0.4 is 5.32 Å². The van der Waals surface area contributed by atoms with Gasteiger partial charge in [0.05, 0.1) is 0 Å². The lowest BCUT2D eigenvalue weighted by atomic mass is 9.95. The first-order valence-corrected chi connectivity index (χ1v) is 9.31. The van der Waals surface area contributed by atoms with E-state index < -0.39 is 0 Å². The van der Waals surface area contributed by atoms with Crippen molar-refractivity contribution in [2.45, 2.75) is 39.7 Å². The number of carbonyl (C=O) groups excluding carboxylic acids is 1. The zero-order chi connectivity index (χ0) is 17.6. The van der Waals surface area contributed by atoms with Gasteiger partial charge in [-0.25, -0.2) is 0 Å². The Morgan fingerprint density at radius 2 is 1.80 bits per heavy atom. The second-order valence-electron chi connectivity index (χ2n) is 7.08. The van der Waals surface area contributed by atoms with Gasteiger partial charge in [0.2, 0.25) is 5.91 Å². The molecule has 1 aliphatic heterocycles. The minimum Gasteiger partial charge on any atom is -0.326 e. The molecule has 1 aliphatic rings. The van der Waals surface area contributed by atoms with E-state index in [-0.39, 0.29) is 11.8 Å². The van der Waals surface area contributed by atoms with Gasteiger partial charge >= 0.3 is 0 Å². The summed E-state index contributed by atoms with van der Waals surface area (Å²) < 4.78 is 0. The van der Waals surface area contributed by atoms with Crippen LogP contribution in [0.15, 0.2) is 48.5 Å². The van der Waals surface area contributed by atoms with Gasteiger partial charge in [0.25, 0.3) is 0 Å². The summed E-state index contributed by atoms with van der Waals surface area (Å²) in [5.41, 5.74) is 4.87. The first kappa shape index (κ1) is 17.7. The van der Waals surface area contributed by atoms with Gasteiger partial charge in [-0.3, -0.25) is 9.69 Å². The highest BCUT2D eigenvalue weighted by Crippen LogP contribution is 2.21. The number of carbonyl (C=O) groups is 1. The normalized spacial score (nSPS) is 15.9. The van der Waals surface area contributed by atoms with Crippen LogP contribution in [0.2, 0.25) is 0 Å². The highest BCUT2D eigenvalue weighted by Gasteiger charge is 2.25. The van der Waals surface area contributed by atoms with E-state index in [4.69, 9.17) is 0 Å². The smallest absolute Gasteiger partial charge is 0.227 e. The van der Waals surface area contributed by atoms with Crippen LogP contribution in [0, 0.1) is 12.8 Å². The zero-order valence-corrected chi connectivity index (χ0v) is 15.3. The molecule has 3 nitrogen and oxygen atoms in total. The zero-order valence-electron chi connectivity index (χ0n) is 15.3. The van der Waals surface area contributed by atoms with Crippen molar-refractivity contribution in [1.82, 2.24) is 4.90 Å². The maximum atomic E-state index is 12.5. The Morgan fingerprint density at radius 3 is 2.44 bits per heavy atom. The number of anilines is 1. The number of hydrogen-bond donors (Lipinski definition) is 1. The number of nitrogens with zero attached hydrogens (tertiary/aromatic N) is 1. The van der Waals surface area contributed by atoms with Crippen LogP contribution >= 0.6 is 0 Å². The molecule has 0 saturated carbocycles. The molecule has 1 amide bonds. The van der Waals surface area contributed by atoms with E-state index in [1.807, 2.05) is 12.1 Å². The molecule has 132 valence electrons. The quantitative estimate of drug-likeness (QED) is 0.877. The van der Waals surface area contributed by atoms with Crippen molar-refractivity contribution in [1.29, 1.82) is 0 Å². The third kappa shape index (κ3) is 4.93. The molecule has 3 rings (SSSR count). The number of aryl methyl sites for hydroxylation is 2. The van der Waals surface area contributed by atoms with Crippen molar-refractivity contribution >= 4 is 11.6 Å². The minimum atomic E-state index is 0.125. The Labute approximate surface area is 151 Å². The Hall–Kier alpha value is -2.13. The summed E-state index contributed by atoms with van der Waals surface area (Å²) in [6.07, 6.45) is 2.89. The van der Waals surface area contributed by atoms with Gasteiger partial charge in [-0.05, 0) is 62.5 Å². The summed E-state index contributed by atoms with van der Waals surface area (Å²) in [6.45, 7) is 7.22. The number of benzene rings is 2. The van der Waals surface area contributed by atoms with E-state index in [9.17, 15) is 4.79 Å². The standard InChI is InChI=1S/C22H28N2O/c1-3-18-7-9-21(10-8-18)23-22(25)20-11-13-24(14-12-20)16-19-6-4-5-17(2)15-19/h4-10,15,20H,3,11-14,16H2,1-2H3,(H,23,25). The van der Waals surface area contributed by atoms with E-state index in [0.29, 0.717) is 0 Å². The van der Waals surface area contributed by atoms with Crippen LogP contribution in [0.4, 0.5) is 5.69 Å². The summed E-state index contributed by atoms with van der Waals surface area (Å²) in [4.78, 5) is 15.0. The molecule has 1 N–H and O–H groups in total. The number of rotatable bonds is 5. The van der Waals surface area contributed by atoms with Gasteiger partial charge in [-0.2, -0.15) is 0 Å². The molecule has 0 spiro atoms. The molecule has 0 bridgehead atoms. The second-order valence-corrected chi connectivity index (χ2v) is 7.08. The third-order valence-corrected chi connectivity index (χ3v) is 5.08. The van der Waals surface area contributed by atoms with Crippen LogP contribution in [0.5, 0.6) is 0 Å². The van der Waals surface area contributed by atoms with Crippen LogP contribution in [-0.4, -0.2) is 23.9 Å². The molecule has 1 heterocycles. The minimum absolute atomic E-state index is 0.125. The lowest BCUT2D eigenvalue weighted by Crippen LogP contribution is -2.37. The number of amides is 1.